The number of hydrogen-bond donors (Lipinski definition) is 2. The number of nitrogens with one attached hydrogen (secondary N) is 1. The third-order valence-corrected chi connectivity index (χ3v) is 5.31. The second-order valence-corrected chi connectivity index (χ2v) is 6.95. The highest BCUT2D eigenvalue weighted by atomic mass is 32.1. The number of nitrogens with two attached hydrogens (primary N) is 1. The predicted octanol–water partition coefficient (Wildman–Crippen LogP) is 2.96. The first-order chi connectivity index (χ1) is 12.1. The molecule has 2 aromatic rings. The molecular formula is C19H21N3O2S. The Bertz CT molecular complexity index is 798. The van der Waals surface area contributed by atoms with Gasteiger partial charge in [-0.15, -0.1) is 11.3 Å². The van der Waals surface area contributed by atoms with Crippen molar-refractivity contribution in [1.82, 2.24) is 4.90 Å². The second kappa shape index (κ2) is 7.63. The van der Waals surface area contributed by atoms with Crippen LogP contribution in [-0.2, 0) is 4.79 Å². The van der Waals surface area contributed by atoms with E-state index < -0.39 is 5.91 Å². The minimum atomic E-state index is -0.530. The zero-order valence-corrected chi connectivity index (χ0v) is 14.9. The number of carbonyl (C=O) groups is 2. The third-order valence-electron chi connectivity index (χ3n) is 4.48. The lowest BCUT2D eigenvalue weighted by molar-refractivity contribution is -0.120. The van der Waals surface area contributed by atoms with Crippen LogP contribution < -0.4 is 11.1 Å². The van der Waals surface area contributed by atoms with Crippen LogP contribution in [0, 0.1) is 0 Å². The van der Waals surface area contributed by atoms with E-state index in [1.807, 2.05) is 25.1 Å². The van der Waals surface area contributed by atoms with E-state index in [-0.39, 0.29) is 11.9 Å². The molecule has 6 heteroatoms. The largest absolute Gasteiger partial charge is 0.366 e. The minimum absolute atomic E-state index is 0.124. The van der Waals surface area contributed by atoms with Crippen molar-refractivity contribution < 1.29 is 9.59 Å². The molecule has 0 bridgehead atoms. The maximum Gasteiger partial charge on any atom is 0.251 e. The fourth-order valence-electron chi connectivity index (χ4n) is 2.93. The van der Waals surface area contributed by atoms with E-state index in [2.05, 4.69) is 28.4 Å². The molecule has 1 atom stereocenters. The topological polar surface area (TPSA) is 75.4 Å². The number of amides is 2. The van der Waals surface area contributed by atoms with Gasteiger partial charge in [-0.3, -0.25) is 14.5 Å². The summed E-state index contributed by atoms with van der Waals surface area (Å²) in [4.78, 5) is 26.0. The number of primary amides is 1. The van der Waals surface area contributed by atoms with Crippen molar-refractivity contribution in [2.75, 3.05) is 18.4 Å². The first-order valence-corrected chi connectivity index (χ1v) is 9.11. The first-order valence-electron chi connectivity index (χ1n) is 8.23. The summed E-state index contributed by atoms with van der Waals surface area (Å²) >= 11 is 1.30. The Morgan fingerprint density at radius 3 is 2.64 bits per heavy atom. The van der Waals surface area contributed by atoms with Crippen molar-refractivity contribution in [2.24, 2.45) is 5.73 Å². The molecule has 3 N–H and O–H groups in total. The third kappa shape index (κ3) is 3.97. The van der Waals surface area contributed by atoms with Crippen molar-refractivity contribution >= 4 is 33.7 Å². The lowest BCUT2D eigenvalue weighted by Gasteiger charge is -2.31. The van der Waals surface area contributed by atoms with E-state index in [1.165, 1.54) is 22.5 Å². The number of hydrogen-bond acceptors (Lipinski definition) is 4. The summed E-state index contributed by atoms with van der Waals surface area (Å²) in [5.41, 5.74) is 8.24. The zero-order chi connectivity index (χ0) is 17.8. The maximum absolute atomic E-state index is 12.5. The number of thiophene rings is 1. The molecule has 1 aliphatic rings. The first kappa shape index (κ1) is 17.4. The van der Waals surface area contributed by atoms with Gasteiger partial charge in [0.1, 0.15) is 5.00 Å². The number of benzene rings is 1. The average Bonchev–Trinajstić information content (AvgIpc) is 3.10. The molecule has 25 heavy (non-hydrogen) atoms. The minimum Gasteiger partial charge on any atom is -0.366 e. The van der Waals surface area contributed by atoms with E-state index in [0.29, 0.717) is 10.6 Å². The van der Waals surface area contributed by atoms with Crippen LogP contribution in [0.15, 0.2) is 47.9 Å². The standard InChI is InChI=1S/C19H21N3O2S/c1-13(18(24)21-19-16(17(20)23)9-12-25-19)22-10-7-15(8-11-22)14-5-3-2-4-6-14/h2-7,9,12-13H,8,10-11H2,1H3,(H2,20,23)(H,21,24)/t13-/m0/s1. The van der Waals surface area contributed by atoms with Crippen molar-refractivity contribution in [2.45, 2.75) is 19.4 Å². The summed E-state index contributed by atoms with van der Waals surface area (Å²) < 4.78 is 0. The fourth-order valence-corrected chi connectivity index (χ4v) is 3.73. The van der Waals surface area contributed by atoms with Gasteiger partial charge in [-0.2, -0.15) is 0 Å². The molecule has 130 valence electrons. The quantitative estimate of drug-likeness (QED) is 0.866. The molecule has 1 aromatic carbocycles. The van der Waals surface area contributed by atoms with Crippen LogP contribution in [0.2, 0.25) is 0 Å². The van der Waals surface area contributed by atoms with Gasteiger partial charge in [0.2, 0.25) is 5.91 Å². The van der Waals surface area contributed by atoms with Crippen LogP contribution in [0.1, 0.15) is 29.3 Å². The normalized spacial score (nSPS) is 16.1. The van der Waals surface area contributed by atoms with Gasteiger partial charge in [0, 0.05) is 13.1 Å². The lowest BCUT2D eigenvalue weighted by Crippen LogP contribution is -2.44. The van der Waals surface area contributed by atoms with Crippen LogP contribution in [0.4, 0.5) is 5.00 Å². The molecule has 0 spiro atoms. The monoisotopic (exact) mass is 355 g/mol. The predicted molar refractivity (Wildman–Crippen MR) is 102 cm³/mol. The number of carbonyl (C=O) groups excluding carboxylic acids is 2. The summed E-state index contributed by atoms with van der Waals surface area (Å²) in [6.45, 7) is 3.43. The SMILES string of the molecule is C[C@@H](C(=O)Nc1sccc1C(N)=O)N1CC=C(c2ccccc2)CC1. The maximum atomic E-state index is 12.5. The molecule has 0 fully saturated rings. The van der Waals surface area contributed by atoms with Gasteiger partial charge in [-0.25, -0.2) is 0 Å². The molecule has 2 heterocycles. The van der Waals surface area contributed by atoms with E-state index in [1.54, 1.807) is 11.4 Å². The highest BCUT2D eigenvalue weighted by molar-refractivity contribution is 7.14. The van der Waals surface area contributed by atoms with E-state index >= 15 is 0 Å². The van der Waals surface area contributed by atoms with Crippen LogP contribution in [0.25, 0.3) is 5.57 Å². The Balaban J connectivity index is 1.63. The molecule has 1 aliphatic heterocycles. The Morgan fingerprint density at radius 2 is 2.00 bits per heavy atom. The summed E-state index contributed by atoms with van der Waals surface area (Å²) in [5.74, 6) is -0.654. The molecule has 3 rings (SSSR count). The Labute approximate surface area is 151 Å². The summed E-state index contributed by atoms with van der Waals surface area (Å²) in [6.07, 6.45) is 3.09. The molecule has 0 saturated heterocycles. The number of rotatable bonds is 5. The van der Waals surface area contributed by atoms with Crippen molar-refractivity contribution in [3.8, 4) is 0 Å². The highest BCUT2D eigenvalue weighted by Crippen LogP contribution is 2.25. The van der Waals surface area contributed by atoms with Crippen LogP contribution >= 0.6 is 11.3 Å². The van der Waals surface area contributed by atoms with Gasteiger partial charge in [0.05, 0.1) is 11.6 Å². The molecule has 2 amide bonds. The van der Waals surface area contributed by atoms with Gasteiger partial charge >= 0.3 is 0 Å². The van der Waals surface area contributed by atoms with Crippen molar-refractivity contribution in [3.05, 3.63) is 59.0 Å². The van der Waals surface area contributed by atoms with E-state index in [9.17, 15) is 9.59 Å². The Hall–Kier alpha value is -2.44. The summed E-state index contributed by atoms with van der Waals surface area (Å²) in [6, 6.07) is 11.7. The van der Waals surface area contributed by atoms with Crippen molar-refractivity contribution in [3.63, 3.8) is 0 Å². The fraction of sp³-hybridized carbons (Fsp3) is 0.263. The number of anilines is 1. The molecule has 0 saturated carbocycles. The van der Waals surface area contributed by atoms with E-state index in [0.717, 1.165) is 19.5 Å². The summed E-state index contributed by atoms with van der Waals surface area (Å²) in [5, 5.41) is 5.09. The van der Waals surface area contributed by atoms with Crippen LogP contribution in [-0.4, -0.2) is 35.8 Å². The van der Waals surface area contributed by atoms with Crippen LogP contribution in [0.3, 0.4) is 0 Å². The smallest absolute Gasteiger partial charge is 0.251 e. The van der Waals surface area contributed by atoms with Gasteiger partial charge in [-0.1, -0.05) is 36.4 Å². The number of nitrogens with zero attached hydrogens (tertiary/aromatic N) is 1. The Morgan fingerprint density at radius 1 is 1.24 bits per heavy atom. The summed E-state index contributed by atoms with van der Waals surface area (Å²) in [7, 11) is 0. The Kier molecular flexibility index (Phi) is 5.31. The van der Waals surface area contributed by atoms with Crippen LogP contribution in [0.5, 0.6) is 0 Å². The molecule has 0 radical (unpaired) electrons. The van der Waals surface area contributed by atoms with Gasteiger partial charge in [0.15, 0.2) is 0 Å². The molecule has 5 nitrogen and oxygen atoms in total. The van der Waals surface area contributed by atoms with Gasteiger partial charge in [-0.05, 0) is 35.9 Å². The lowest BCUT2D eigenvalue weighted by atomic mass is 9.99. The molecule has 1 aromatic heterocycles. The zero-order valence-electron chi connectivity index (χ0n) is 14.1. The second-order valence-electron chi connectivity index (χ2n) is 6.03. The molecule has 0 aliphatic carbocycles. The van der Waals surface area contributed by atoms with Gasteiger partial charge < -0.3 is 11.1 Å². The van der Waals surface area contributed by atoms with Gasteiger partial charge in [0.25, 0.3) is 5.91 Å². The highest BCUT2D eigenvalue weighted by Gasteiger charge is 2.24. The molecular weight excluding hydrogens is 334 g/mol. The molecule has 0 unspecified atom stereocenters. The van der Waals surface area contributed by atoms with Crippen molar-refractivity contribution in [1.29, 1.82) is 0 Å². The van der Waals surface area contributed by atoms with E-state index in [4.69, 9.17) is 5.73 Å². The average molecular weight is 355 g/mol.